The molecular formula is C27H54O3. The minimum atomic E-state index is 0.348. The van der Waals surface area contributed by atoms with Crippen molar-refractivity contribution in [2.75, 3.05) is 33.0 Å². The van der Waals surface area contributed by atoms with Crippen LogP contribution in [0.1, 0.15) is 107 Å². The molecule has 0 aromatic carbocycles. The monoisotopic (exact) mass is 426 g/mol. The molecule has 0 aliphatic carbocycles. The molecule has 3 rings (SSSR count). The van der Waals surface area contributed by atoms with E-state index in [1.54, 1.807) is 0 Å². The van der Waals surface area contributed by atoms with Crippen LogP contribution in [-0.4, -0.2) is 39.1 Å². The molecule has 3 nitrogen and oxygen atoms in total. The van der Waals surface area contributed by atoms with Crippen LogP contribution in [0.25, 0.3) is 0 Å². The largest absolute Gasteiger partial charge is 0.381 e. The second-order valence-corrected chi connectivity index (χ2v) is 12.8. The van der Waals surface area contributed by atoms with E-state index >= 15 is 0 Å². The minimum absolute atomic E-state index is 0.348. The molecule has 0 saturated carbocycles. The summed E-state index contributed by atoms with van der Waals surface area (Å²) in [7, 11) is 0. The molecular weight excluding hydrogens is 372 g/mol. The van der Waals surface area contributed by atoms with Gasteiger partial charge in [0.2, 0.25) is 0 Å². The summed E-state index contributed by atoms with van der Waals surface area (Å²) >= 11 is 0. The highest BCUT2D eigenvalue weighted by molar-refractivity contribution is 4.77. The van der Waals surface area contributed by atoms with Crippen LogP contribution in [-0.2, 0) is 14.2 Å². The van der Waals surface area contributed by atoms with E-state index in [4.69, 9.17) is 14.2 Å². The van der Waals surface area contributed by atoms with Crippen LogP contribution in [0.4, 0.5) is 0 Å². The molecule has 3 heterocycles. The normalized spacial score (nSPS) is 26.7. The number of ether oxygens (including phenoxy) is 3. The van der Waals surface area contributed by atoms with Gasteiger partial charge in [0.1, 0.15) is 0 Å². The second kappa shape index (κ2) is 12.8. The smallest absolute Gasteiger partial charge is 0.0623 e. The Morgan fingerprint density at radius 1 is 0.500 bits per heavy atom. The third-order valence-corrected chi connectivity index (χ3v) is 6.98. The molecule has 0 amide bonds. The van der Waals surface area contributed by atoms with Gasteiger partial charge in [-0.15, -0.1) is 0 Å². The van der Waals surface area contributed by atoms with Gasteiger partial charge in [-0.25, -0.2) is 0 Å². The van der Waals surface area contributed by atoms with Crippen LogP contribution in [0.5, 0.6) is 0 Å². The average molecular weight is 427 g/mol. The van der Waals surface area contributed by atoms with Crippen LogP contribution in [0.15, 0.2) is 0 Å². The highest BCUT2D eigenvalue weighted by Crippen LogP contribution is 2.33. The lowest BCUT2D eigenvalue weighted by molar-refractivity contribution is -0.0474. The Bertz CT molecular complexity index is 354. The van der Waals surface area contributed by atoms with Crippen molar-refractivity contribution in [1.29, 1.82) is 0 Å². The van der Waals surface area contributed by atoms with E-state index < -0.39 is 0 Å². The lowest BCUT2D eigenvalue weighted by Gasteiger charge is -2.33. The standard InChI is InChI=1S/3C9H18O/c1-9(2,3)8-4-6-10-7-5-8;1-9(2,3)8-5-4-6-10-7-8;1-9(2,3)8-6-4-5-7-10-8/h3*8H,4-7H2,1-3H3. The van der Waals surface area contributed by atoms with Crippen LogP contribution in [0.2, 0.25) is 0 Å². The van der Waals surface area contributed by atoms with Gasteiger partial charge in [0.15, 0.2) is 0 Å². The number of hydrogen-bond donors (Lipinski definition) is 0. The molecule has 3 saturated heterocycles. The molecule has 0 radical (unpaired) electrons. The van der Waals surface area contributed by atoms with E-state index in [0.717, 1.165) is 44.9 Å². The van der Waals surface area contributed by atoms with Gasteiger partial charge in [-0.05, 0) is 73.0 Å². The van der Waals surface area contributed by atoms with E-state index in [9.17, 15) is 0 Å². The van der Waals surface area contributed by atoms with Crippen molar-refractivity contribution in [3.05, 3.63) is 0 Å². The predicted octanol–water partition coefficient (Wildman–Crippen LogP) is 7.52. The van der Waals surface area contributed by atoms with E-state index in [2.05, 4.69) is 62.3 Å². The molecule has 0 N–H and O–H groups in total. The molecule has 3 aliphatic heterocycles. The van der Waals surface area contributed by atoms with Crippen molar-refractivity contribution in [3.8, 4) is 0 Å². The van der Waals surface area contributed by atoms with Crippen LogP contribution >= 0.6 is 0 Å². The summed E-state index contributed by atoms with van der Waals surface area (Å²) in [6, 6.07) is 0. The fourth-order valence-electron chi connectivity index (χ4n) is 4.41. The molecule has 2 unspecified atom stereocenters. The molecule has 3 heteroatoms. The first-order chi connectivity index (χ1) is 13.8. The fraction of sp³-hybridized carbons (Fsp3) is 1.00. The lowest BCUT2D eigenvalue weighted by Crippen LogP contribution is -2.32. The van der Waals surface area contributed by atoms with Crippen LogP contribution in [0, 0.1) is 28.1 Å². The maximum absolute atomic E-state index is 5.64. The lowest BCUT2D eigenvalue weighted by atomic mass is 9.76. The minimum Gasteiger partial charge on any atom is -0.381 e. The predicted molar refractivity (Wildman–Crippen MR) is 129 cm³/mol. The summed E-state index contributed by atoms with van der Waals surface area (Å²) in [5.41, 5.74) is 1.28. The first-order valence-corrected chi connectivity index (χ1v) is 12.6. The van der Waals surface area contributed by atoms with Gasteiger partial charge in [0, 0.05) is 33.0 Å². The topological polar surface area (TPSA) is 27.7 Å². The molecule has 3 aliphatic rings. The molecule has 0 bridgehead atoms. The third-order valence-electron chi connectivity index (χ3n) is 6.98. The summed E-state index contributed by atoms with van der Waals surface area (Å²) in [5.74, 6) is 1.66. The molecule has 0 aromatic rings. The molecule has 0 spiro atoms. The highest BCUT2D eigenvalue weighted by Gasteiger charge is 2.27. The summed E-state index contributed by atoms with van der Waals surface area (Å²) < 4.78 is 16.3. The van der Waals surface area contributed by atoms with Gasteiger partial charge in [-0.1, -0.05) is 62.3 Å². The molecule has 180 valence electrons. The molecule has 0 aromatic heterocycles. The van der Waals surface area contributed by atoms with E-state index in [-0.39, 0.29) is 0 Å². The van der Waals surface area contributed by atoms with Gasteiger partial charge >= 0.3 is 0 Å². The van der Waals surface area contributed by atoms with Crippen molar-refractivity contribution >= 4 is 0 Å². The number of rotatable bonds is 0. The van der Waals surface area contributed by atoms with Crippen molar-refractivity contribution < 1.29 is 14.2 Å². The van der Waals surface area contributed by atoms with E-state index in [0.29, 0.717) is 22.3 Å². The van der Waals surface area contributed by atoms with Gasteiger partial charge in [-0.2, -0.15) is 0 Å². The number of hydrogen-bond acceptors (Lipinski definition) is 3. The SMILES string of the molecule is CC(C)(C)C1CCCCO1.CC(C)(C)C1CCCOC1.CC(C)(C)C1CCOCC1. The first-order valence-electron chi connectivity index (χ1n) is 12.6. The maximum Gasteiger partial charge on any atom is 0.0623 e. The van der Waals surface area contributed by atoms with E-state index in [1.807, 2.05) is 0 Å². The quantitative estimate of drug-likeness (QED) is 0.401. The van der Waals surface area contributed by atoms with Crippen molar-refractivity contribution in [1.82, 2.24) is 0 Å². The van der Waals surface area contributed by atoms with Crippen LogP contribution < -0.4 is 0 Å². The molecule has 2 atom stereocenters. The summed E-state index contributed by atoms with van der Waals surface area (Å²) in [5, 5.41) is 0. The summed E-state index contributed by atoms with van der Waals surface area (Å²) in [6.45, 7) is 25.5. The Morgan fingerprint density at radius 3 is 1.40 bits per heavy atom. The van der Waals surface area contributed by atoms with Gasteiger partial charge in [-0.3, -0.25) is 0 Å². The zero-order valence-electron chi connectivity index (χ0n) is 21.9. The summed E-state index contributed by atoms with van der Waals surface area (Å²) in [4.78, 5) is 0. The van der Waals surface area contributed by atoms with Crippen molar-refractivity contribution in [2.24, 2.45) is 28.1 Å². The zero-order chi connectivity index (χ0) is 22.8. The Kier molecular flexibility index (Phi) is 11.9. The first kappa shape index (κ1) is 27.9. The maximum atomic E-state index is 5.64. The second-order valence-electron chi connectivity index (χ2n) is 12.8. The van der Waals surface area contributed by atoms with Crippen molar-refractivity contribution in [3.63, 3.8) is 0 Å². The zero-order valence-corrected chi connectivity index (χ0v) is 21.9. The van der Waals surface area contributed by atoms with Gasteiger partial charge < -0.3 is 14.2 Å². The molecule has 30 heavy (non-hydrogen) atoms. The fourth-order valence-corrected chi connectivity index (χ4v) is 4.41. The molecule has 3 fully saturated rings. The third kappa shape index (κ3) is 11.5. The Hall–Kier alpha value is -0.120. The van der Waals surface area contributed by atoms with Crippen LogP contribution in [0.3, 0.4) is 0 Å². The Labute approximate surface area is 189 Å². The van der Waals surface area contributed by atoms with Crippen molar-refractivity contribution in [2.45, 2.75) is 113 Å². The highest BCUT2D eigenvalue weighted by atomic mass is 16.5. The average Bonchev–Trinajstić information content (AvgIpc) is 2.69. The Balaban J connectivity index is 0.000000225. The Morgan fingerprint density at radius 2 is 1.10 bits per heavy atom. The summed E-state index contributed by atoms with van der Waals surface area (Å²) in [6.07, 6.45) is 9.47. The van der Waals surface area contributed by atoms with E-state index in [1.165, 1.54) is 44.9 Å². The van der Waals surface area contributed by atoms with Gasteiger partial charge in [0.25, 0.3) is 0 Å². The van der Waals surface area contributed by atoms with Gasteiger partial charge in [0.05, 0.1) is 6.10 Å².